The fraction of sp³-hybridized carbons (Fsp3) is 0.333. The van der Waals surface area contributed by atoms with Crippen molar-refractivity contribution in [2.45, 2.75) is 32.1 Å². The van der Waals surface area contributed by atoms with E-state index in [-0.39, 0.29) is 17.4 Å². The summed E-state index contributed by atoms with van der Waals surface area (Å²) in [6.45, 7) is 1.78. The fourth-order valence-electron chi connectivity index (χ4n) is 3.11. The number of nitrogens with one attached hydrogen (secondary N) is 1. The van der Waals surface area contributed by atoms with Crippen LogP contribution in [0.15, 0.2) is 36.4 Å². The van der Waals surface area contributed by atoms with E-state index in [1.54, 1.807) is 6.07 Å². The van der Waals surface area contributed by atoms with Gasteiger partial charge in [-0.1, -0.05) is 24.3 Å². The summed E-state index contributed by atoms with van der Waals surface area (Å²) in [7, 11) is 0. The Bertz CT molecular complexity index is 999. The highest BCUT2D eigenvalue weighted by molar-refractivity contribution is 5.78. The Labute approximate surface area is 158 Å². The zero-order valence-corrected chi connectivity index (χ0v) is 14.8. The van der Waals surface area contributed by atoms with Gasteiger partial charge < -0.3 is 10.2 Å². The number of amides is 1. The number of fused-ring (bicyclic) bond motifs is 1. The Morgan fingerprint density at radius 2 is 1.79 bits per heavy atom. The minimum absolute atomic E-state index is 0.0266. The fourth-order valence-corrected chi connectivity index (χ4v) is 3.11. The van der Waals surface area contributed by atoms with E-state index in [2.05, 4.69) is 20.6 Å². The van der Waals surface area contributed by atoms with Gasteiger partial charge in [-0.25, -0.2) is 0 Å². The molecule has 1 fully saturated rings. The quantitative estimate of drug-likeness (QED) is 0.725. The van der Waals surface area contributed by atoms with Crippen LogP contribution >= 0.6 is 0 Å². The van der Waals surface area contributed by atoms with Crippen LogP contribution in [0.3, 0.4) is 0 Å². The number of hydrogen-bond acceptors (Lipinski definition) is 5. The lowest BCUT2D eigenvalue weighted by Gasteiger charge is -2.15. The van der Waals surface area contributed by atoms with Gasteiger partial charge >= 0.3 is 6.18 Å². The lowest BCUT2D eigenvalue weighted by Crippen LogP contribution is -2.23. The maximum absolute atomic E-state index is 12.9. The number of nitrogens with zero attached hydrogens (tertiary/aromatic N) is 5. The molecule has 0 unspecified atom stereocenters. The van der Waals surface area contributed by atoms with Crippen molar-refractivity contribution in [1.29, 1.82) is 0 Å². The van der Waals surface area contributed by atoms with E-state index in [1.807, 2.05) is 29.2 Å². The zero-order chi connectivity index (χ0) is 19.7. The molecule has 146 valence electrons. The van der Waals surface area contributed by atoms with Crippen LogP contribution in [0, 0.1) is 0 Å². The summed E-state index contributed by atoms with van der Waals surface area (Å²) in [6, 6.07) is 10.7. The Kier molecular flexibility index (Phi) is 4.62. The summed E-state index contributed by atoms with van der Waals surface area (Å²) in [5.41, 5.74) is 2.01. The summed E-state index contributed by atoms with van der Waals surface area (Å²) in [5, 5.41) is 13.6. The summed E-state index contributed by atoms with van der Waals surface area (Å²) >= 11 is 0. The third-order valence-corrected chi connectivity index (χ3v) is 4.56. The van der Waals surface area contributed by atoms with Gasteiger partial charge in [0.2, 0.25) is 5.91 Å². The standard InChI is InChI=1S/C18H17F3N6O/c19-18(20,21)17-24-23-15-8-7-14(25-27(15)17)22-10-12-3-5-13(6-4-12)11-26-9-1-2-16(26)28/h3-8H,1-2,9-11H2,(H,22,25). The van der Waals surface area contributed by atoms with Gasteiger partial charge in [-0.3, -0.25) is 4.79 Å². The van der Waals surface area contributed by atoms with Crippen molar-refractivity contribution in [3.8, 4) is 0 Å². The molecule has 0 aliphatic carbocycles. The third kappa shape index (κ3) is 3.75. The van der Waals surface area contributed by atoms with Crippen LogP contribution in [-0.2, 0) is 24.1 Å². The van der Waals surface area contributed by atoms with E-state index in [0.717, 1.165) is 24.1 Å². The van der Waals surface area contributed by atoms with E-state index in [1.165, 1.54) is 6.07 Å². The Morgan fingerprint density at radius 3 is 2.46 bits per heavy atom. The van der Waals surface area contributed by atoms with E-state index < -0.39 is 12.0 Å². The first-order valence-electron chi connectivity index (χ1n) is 8.79. The maximum atomic E-state index is 12.9. The highest BCUT2D eigenvalue weighted by atomic mass is 19.4. The Balaban J connectivity index is 1.42. The number of halogens is 3. The second-order valence-corrected chi connectivity index (χ2v) is 6.60. The summed E-state index contributed by atoms with van der Waals surface area (Å²) in [6.07, 6.45) is -3.11. The molecule has 1 N–H and O–H groups in total. The van der Waals surface area contributed by atoms with Gasteiger partial charge in [-0.2, -0.15) is 17.7 Å². The Hall–Kier alpha value is -3.17. The number of rotatable bonds is 5. The predicted molar refractivity (Wildman–Crippen MR) is 94.2 cm³/mol. The van der Waals surface area contributed by atoms with Crippen LogP contribution in [0.1, 0.15) is 29.8 Å². The molecule has 1 aromatic carbocycles. The smallest absolute Gasteiger partial charge is 0.365 e. The maximum Gasteiger partial charge on any atom is 0.453 e. The average molecular weight is 390 g/mol. The van der Waals surface area contributed by atoms with E-state index in [4.69, 9.17) is 0 Å². The molecule has 4 rings (SSSR count). The van der Waals surface area contributed by atoms with Gasteiger partial charge in [0.15, 0.2) is 5.65 Å². The highest BCUT2D eigenvalue weighted by Crippen LogP contribution is 2.27. The number of hydrogen-bond donors (Lipinski definition) is 1. The molecule has 0 atom stereocenters. The molecule has 10 heteroatoms. The lowest BCUT2D eigenvalue weighted by atomic mass is 10.1. The van der Waals surface area contributed by atoms with Crippen molar-refractivity contribution < 1.29 is 18.0 Å². The van der Waals surface area contributed by atoms with Gasteiger partial charge in [0.05, 0.1) is 0 Å². The van der Waals surface area contributed by atoms with Crippen LogP contribution in [-0.4, -0.2) is 37.2 Å². The summed E-state index contributed by atoms with van der Waals surface area (Å²) < 4.78 is 39.5. The van der Waals surface area contributed by atoms with Gasteiger partial charge in [0.25, 0.3) is 5.82 Å². The molecule has 1 amide bonds. The zero-order valence-electron chi connectivity index (χ0n) is 14.8. The summed E-state index contributed by atoms with van der Waals surface area (Å²) in [4.78, 5) is 13.5. The second kappa shape index (κ2) is 7.10. The molecular formula is C18H17F3N6O. The predicted octanol–water partition coefficient (Wildman–Crippen LogP) is 2.88. The molecule has 1 aliphatic rings. The molecule has 2 aromatic heterocycles. The van der Waals surface area contributed by atoms with Crippen molar-refractivity contribution in [3.05, 3.63) is 53.3 Å². The molecule has 3 aromatic rings. The van der Waals surface area contributed by atoms with Crippen LogP contribution in [0.2, 0.25) is 0 Å². The number of carbonyl (C=O) groups is 1. The molecule has 0 bridgehead atoms. The van der Waals surface area contributed by atoms with Crippen molar-refractivity contribution in [3.63, 3.8) is 0 Å². The number of carbonyl (C=O) groups excluding carboxylic acids is 1. The molecular weight excluding hydrogens is 373 g/mol. The van der Waals surface area contributed by atoms with Crippen LogP contribution in [0.4, 0.5) is 19.0 Å². The SMILES string of the molecule is O=C1CCCN1Cc1ccc(CNc2ccc3nnc(C(F)(F)F)n3n2)cc1. The minimum Gasteiger partial charge on any atom is -0.365 e. The van der Waals surface area contributed by atoms with E-state index in [0.29, 0.717) is 24.0 Å². The Morgan fingerprint density at radius 1 is 1.04 bits per heavy atom. The number of likely N-dealkylation sites (tertiary alicyclic amines) is 1. The summed E-state index contributed by atoms with van der Waals surface area (Å²) in [5.74, 6) is -0.698. The molecule has 0 saturated carbocycles. The van der Waals surface area contributed by atoms with Crippen molar-refractivity contribution in [1.82, 2.24) is 24.7 Å². The van der Waals surface area contributed by atoms with Crippen molar-refractivity contribution in [2.24, 2.45) is 0 Å². The second-order valence-electron chi connectivity index (χ2n) is 6.60. The van der Waals surface area contributed by atoms with Crippen molar-refractivity contribution in [2.75, 3.05) is 11.9 Å². The topological polar surface area (TPSA) is 75.4 Å². The molecule has 1 saturated heterocycles. The van der Waals surface area contributed by atoms with E-state index in [9.17, 15) is 18.0 Å². The van der Waals surface area contributed by atoms with E-state index >= 15 is 0 Å². The molecule has 1 aliphatic heterocycles. The molecule has 0 spiro atoms. The number of aromatic nitrogens is 4. The molecule has 7 nitrogen and oxygen atoms in total. The lowest BCUT2D eigenvalue weighted by molar-refractivity contribution is -0.146. The van der Waals surface area contributed by atoms with Crippen LogP contribution in [0.25, 0.3) is 5.65 Å². The number of benzene rings is 1. The van der Waals surface area contributed by atoms with Gasteiger partial charge in [-0.15, -0.1) is 15.3 Å². The first kappa shape index (κ1) is 18.2. The van der Waals surface area contributed by atoms with Crippen LogP contribution in [0.5, 0.6) is 0 Å². The number of alkyl halides is 3. The van der Waals surface area contributed by atoms with Gasteiger partial charge in [0, 0.05) is 26.1 Å². The molecule has 0 radical (unpaired) electrons. The van der Waals surface area contributed by atoms with Crippen LogP contribution < -0.4 is 5.32 Å². The van der Waals surface area contributed by atoms with Gasteiger partial charge in [0.1, 0.15) is 5.82 Å². The highest BCUT2D eigenvalue weighted by Gasteiger charge is 2.37. The van der Waals surface area contributed by atoms with Gasteiger partial charge in [-0.05, 0) is 29.7 Å². The molecule has 3 heterocycles. The first-order valence-corrected chi connectivity index (χ1v) is 8.79. The normalized spacial score (nSPS) is 14.8. The van der Waals surface area contributed by atoms with Crippen molar-refractivity contribution >= 4 is 17.4 Å². The average Bonchev–Trinajstić information content (AvgIpc) is 3.27. The third-order valence-electron chi connectivity index (χ3n) is 4.56. The largest absolute Gasteiger partial charge is 0.453 e. The minimum atomic E-state index is -4.63. The molecule has 28 heavy (non-hydrogen) atoms. The number of anilines is 1. The first-order chi connectivity index (χ1) is 13.4. The monoisotopic (exact) mass is 390 g/mol.